The van der Waals surface area contributed by atoms with Gasteiger partial charge in [0.1, 0.15) is 16.2 Å². The van der Waals surface area contributed by atoms with Crippen molar-refractivity contribution in [3.05, 3.63) is 59.0 Å². The Morgan fingerprint density at radius 1 is 1.16 bits per heavy atom. The van der Waals surface area contributed by atoms with Crippen molar-refractivity contribution < 1.29 is 9.53 Å². The van der Waals surface area contributed by atoms with Crippen molar-refractivity contribution in [1.29, 1.82) is 0 Å². The van der Waals surface area contributed by atoms with Gasteiger partial charge in [0, 0.05) is 23.4 Å². The summed E-state index contributed by atoms with van der Waals surface area (Å²) in [6.45, 7) is 11.3. The van der Waals surface area contributed by atoms with Crippen molar-refractivity contribution in [2.45, 2.75) is 83.1 Å². The molecule has 0 radical (unpaired) electrons. The molecule has 1 aromatic carbocycles. The van der Waals surface area contributed by atoms with Crippen LogP contribution in [0.4, 0.5) is 0 Å². The maximum Gasteiger partial charge on any atom is 0.230 e. The van der Waals surface area contributed by atoms with Gasteiger partial charge < -0.3 is 10.1 Å². The SMILES string of the molecule is CC(C)c1nc2sc3c(SCC(=O)N[C@@H](C)CCc4ccccc4)ncnc3c2c2c1COC(C)(C)C2. The van der Waals surface area contributed by atoms with E-state index in [2.05, 4.69) is 69.2 Å². The monoisotopic (exact) mass is 534 g/mol. The van der Waals surface area contributed by atoms with Crippen LogP contribution in [0, 0.1) is 0 Å². The normalized spacial score (nSPS) is 15.7. The molecule has 5 rings (SSSR count). The third-order valence-electron chi connectivity index (χ3n) is 6.83. The molecule has 0 bridgehead atoms. The molecule has 1 aliphatic rings. The average molecular weight is 535 g/mol. The first kappa shape index (κ1) is 26.1. The lowest BCUT2D eigenvalue weighted by Gasteiger charge is -2.33. The van der Waals surface area contributed by atoms with Gasteiger partial charge >= 0.3 is 0 Å². The molecule has 1 N–H and O–H groups in total. The van der Waals surface area contributed by atoms with E-state index in [1.54, 1.807) is 17.7 Å². The Bertz CT molecular complexity index is 1430. The van der Waals surface area contributed by atoms with E-state index in [0.29, 0.717) is 18.3 Å². The number of hydrogen-bond donors (Lipinski definition) is 1. The summed E-state index contributed by atoms with van der Waals surface area (Å²) in [6.07, 6.45) is 4.29. The molecular formula is C29H34N4O2S2. The summed E-state index contributed by atoms with van der Waals surface area (Å²) in [6, 6.07) is 10.5. The number of hydrogen-bond acceptors (Lipinski definition) is 7. The topological polar surface area (TPSA) is 77.0 Å². The van der Waals surface area contributed by atoms with E-state index in [0.717, 1.165) is 50.4 Å². The van der Waals surface area contributed by atoms with Gasteiger partial charge in [0.15, 0.2) is 0 Å². The molecule has 0 fully saturated rings. The summed E-state index contributed by atoms with van der Waals surface area (Å²) < 4.78 is 7.17. The summed E-state index contributed by atoms with van der Waals surface area (Å²) in [5.41, 5.74) is 5.61. The van der Waals surface area contributed by atoms with Crippen molar-refractivity contribution in [2.75, 3.05) is 5.75 Å². The van der Waals surface area contributed by atoms with Crippen LogP contribution >= 0.6 is 23.1 Å². The van der Waals surface area contributed by atoms with Crippen LogP contribution in [0.25, 0.3) is 20.4 Å². The summed E-state index contributed by atoms with van der Waals surface area (Å²) in [7, 11) is 0. The molecule has 0 aliphatic carbocycles. The second-order valence-electron chi connectivity index (χ2n) is 10.8. The zero-order chi connectivity index (χ0) is 26.2. The second-order valence-corrected chi connectivity index (χ2v) is 12.7. The average Bonchev–Trinajstić information content (AvgIpc) is 3.25. The third kappa shape index (κ3) is 5.66. The minimum Gasteiger partial charge on any atom is -0.370 e. The number of rotatable bonds is 8. The predicted octanol–water partition coefficient (Wildman–Crippen LogP) is 6.44. The van der Waals surface area contributed by atoms with Crippen LogP contribution in [0.5, 0.6) is 0 Å². The number of thioether (sulfide) groups is 1. The van der Waals surface area contributed by atoms with Crippen LogP contribution in [0.2, 0.25) is 0 Å². The van der Waals surface area contributed by atoms with E-state index in [1.807, 2.05) is 6.07 Å². The first-order valence-electron chi connectivity index (χ1n) is 12.9. The minimum atomic E-state index is -0.232. The van der Waals surface area contributed by atoms with Crippen molar-refractivity contribution in [1.82, 2.24) is 20.3 Å². The maximum absolute atomic E-state index is 12.7. The second kappa shape index (κ2) is 10.7. The third-order valence-corrected chi connectivity index (χ3v) is 9.03. The van der Waals surface area contributed by atoms with Gasteiger partial charge in [-0.05, 0) is 50.7 Å². The first-order chi connectivity index (χ1) is 17.7. The molecule has 4 heterocycles. The quantitative estimate of drug-likeness (QED) is 0.207. The standard InChI is InChI=1S/C29H34N4O2S2/c1-17(2)24-21-14-35-29(4,5)13-20(21)23-25-26(37-27(23)33-24)28(31-16-30-25)36-15-22(34)32-18(3)11-12-19-9-7-6-8-10-19/h6-10,16-18H,11-15H2,1-5H3,(H,32,34)/t18-/m0/s1. The molecular weight excluding hydrogens is 500 g/mol. The summed E-state index contributed by atoms with van der Waals surface area (Å²) in [4.78, 5) is 28.1. The van der Waals surface area contributed by atoms with E-state index in [4.69, 9.17) is 14.7 Å². The number of thiophene rings is 1. The maximum atomic E-state index is 12.7. The number of aryl methyl sites for hydroxylation is 1. The number of nitrogens with zero attached hydrogens (tertiary/aromatic N) is 3. The van der Waals surface area contributed by atoms with E-state index in [1.165, 1.54) is 28.5 Å². The lowest BCUT2D eigenvalue weighted by atomic mass is 9.87. The molecule has 0 unspecified atom stereocenters. The highest BCUT2D eigenvalue weighted by molar-refractivity contribution is 8.00. The number of aromatic nitrogens is 3. The Morgan fingerprint density at radius 3 is 2.70 bits per heavy atom. The smallest absolute Gasteiger partial charge is 0.230 e. The van der Waals surface area contributed by atoms with E-state index >= 15 is 0 Å². The van der Waals surface area contributed by atoms with Crippen LogP contribution in [0.3, 0.4) is 0 Å². The molecule has 1 aliphatic heterocycles. The van der Waals surface area contributed by atoms with Crippen LogP contribution in [-0.4, -0.2) is 38.3 Å². The van der Waals surface area contributed by atoms with Gasteiger partial charge in [-0.25, -0.2) is 15.0 Å². The van der Waals surface area contributed by atoms with Crippen LogP contribution < -0.4 is 5.32 Å². The highest BCUT2D eigenvalue weighted by Crippen LogP contribution is 2.43. The van der Waals surface area contributed by atoms with Gasteiger partial charge in [-0.2, -0.15) is 0 Å². The Balaban J connectivity index is 1.36. The van der Waals surface area contributed by atoms with Crippen molar-refractivity contribution in [3.8, 4) is 0 Å². The number of carbonyl (C=O) groups excluding carboxylic acids is 1. The fourth-order valence-corrected chi connectivity index (χ4v) is 6.99. The zero-order valence-electron chi connectivity index (χ0n) is 22.1. The highest BCUT2D eigenvalue weighted by atomic mass is 32.2. The number of benzene rings is 1. The highest BCUT2D eigenvalue weighted by Gasteiger charge is 2.32. The number of carbonyl (C=O) groups is 1. The van der Waals surface area contributed by atoms with E-state index in [9.17, 15) is 4.79 Å². The summed E-state index contributed by atoms with van der Waals surface area (Å²) in [5, 5.41) is 5.10. The Hall–Kier alpha value is -2.55. The van der Waals surface area contributed by atoms with Gasteiger partial charge in [0.25, 0.3) is 0 Å². The largest absolute Gasteiger partial charge is 0.370 e. The minimum absolute atomic E-state index is 0.0231. The molecule has 194 valence electrons. The Morgan fingerprint density at radius 2 is 1.95 bits per heavy atom. The number of pyridine rings is 1. The molecule has 0 spiro atoms. The van der Waals surface area contributed by atoms with Gasteiger partial charge in [-0.15, -0.1) is 11.3 Å². The molecule has 0 saturated heterocycles. The number of fused-ring (bicyclic) bond motifs is 5. The molecule has 0 saturated carbocycles. The lowest BCUT2D eigenvalue weighted by Crippen LogP contribution is -2.34. The molecule has 1 amide bonds. The van der Waals surface area contributed by atoms with E-state index < -0.39 is 0 Å². The predicted molar refractivity (Wildman–Crippen MR) is 152 cm³/mol. The molecule has 37 heavy (non-hydrogen) atoms. The Kier molecular flexibility index (Phi) is 7.52. The fraction of sp³-hybridized carbons (Fsp3) is 0.448. The fourth-order valence-electron chi connectivity index (χ4n) is 4.94. The molecule has 8 heteroatoms. The molecule has 3 aromatic heterocycles. The van der Waals surface area contributed by atoms with Crippen LogP contribution in [0.1, 0.15) is 69.3 Å². The number of ether oxygens (including phenoxy) is 1. The first-order valence-corrected chi connectivity index (χ1v) is 14.7. The molecule has 6 nitrogen and oxygen atoms in total. The van der Waals surface area contributed by atoms with E-state index in [-0.39, 0.29) is 17.6 Å². The molecule has 4 aromatic rings. The Labute approximate surface area is 226 Å². The summed E-state index contributed by atoms with van der Waals surface area (Å²) >= 11 is 3.11. The molecule has 1 atom stereocenters. The summed E-state index contributed by atoms with van der Waals surface area (Å²) in [5.74, 6) is 0.648. The van der Waals surface area contributed by atoms with Crippen molar-refractivity contribution >= 4 is 49.4 Å². The van der Waals surface area contributed by atoms with Crippen molar-refractivity contribution in [3.63, 3.8) is 0 Å². The number of nitrogens with one attached hydrogen (secondary N) is 1. The van der Waals surface area contributed by atoms with Gasteiger partial charge in [-0.1, -0.05) is 55.9 Å². The van der Waals surface area contributed by atoms with Crippen LogP contribution in [0.15, 0.2) is 41.7 Å². The van der Waals surface area contributed by atoms with Crippen LogP contribution in [-0.2, 0) is 29.0 Å². The van der Waals surface area contributed by atoms with Crippen molar-refractivity contribution in [2.24, 2.45) is 0 Å². The lowest BCUT2D eigenvalue weighted by molar-refractivity contribution is -0.119. The van der Waals surface area contributed by atoms with Gasteiger partial charge in [0.05, 0.1) is 33.9 Å². The number of amides is 1. The van der Waals surface area contributed by atoms with Gasteiger partial charge in [-0.3, -0.25) is 4.79 Å². The van der Waals surface area contributed by atoms with Gasteiger partial charge in [0.2, 0.25) is 5.91 Å². The zero-order valence-corrected chi connectivity index (χ0v) is 23.8.